The summed E-state index contributed by atoms with van der Waals surface area (Å²) >= 11 is 0. The molecule has 0 bridgehead atoms. The number of rotatable bonds is 5. The van der Waals surface area contributed by atoms with Crippen molar-refractivity contribution in [1.82, 2.24) is 5.32 Å². The van der Waals surface area contributed by atoms with Crippen molar-refractivity contribution in [2.24, 2.45) is 11.7 Å². The van der Waals surface area contributed by atoms with Crippen LogP contribution in [0.2, 0.25) is 0 Å². The van der Waals surface area contributed by atoms with Crippen molar-refractivity contribution < 1.29 is 4.79 Å². The topological polar surface area (TPSA) is 78.9 Å². The van der Waals surface area contributed by atoms with E-state index in [9.17, 15) is 4.79 Å². The van der Waals surface area contributed by atoms with E-state index in [4.69, 9.17) is 11.0 Å². The van der Waals surface area contributed by atoms with Crippen LogP contribution in [0, 0.1) is 17.2 Å². The third-order valence-corrected chi connectivity index (χ3v) is 4.04. The Balaban J connectivity index is 1.66. The molecule has 3 rings (SSSR count). The molecular formula is C18H17N3O. The molecule has 0 aliphatic heterocycles. The normalized spacial score (nSPS) is 19.4. The first-order valence-electron chi connectivity index (χ1n) is 7.30. The molecule has 1 aliphatic carbocycles. The summed E-state index contributed by atoms with van der Waals surface area (Å²) < 4.78 is 0. The van der Waals surface area contributed by atoms with Crippen LogP contribution in [0.1, 0.15) is 17.5 Å². The Bertz CT molecular complexity index is 731. The third-order valence-electron chi connectivity index (χ3n) is 4.04. The summed E-state index contributed by atoms with van der Waals surface area (Å²) in [5, 5.41) is 12.5. The number of carbonyl (C=O) groups excluding carboxylic acids is 1. The van der Waals surface area contributed by atoms with Gasteiger partial charge in [-0.25, -0.2) is 0 Å². The van der Waals surface area contributed by atoms with Gasteiger partial charge in [0.25, 0.3) is 0 Å². The fraction of sp³-hybridized carbons (Fsp3) is 0.222. The van der Waals surface area contributed by atoms with Gasteiger partial charge in [0, 0.05) is 12.6 Å². The standard InChI is InChI=1S/C18H17N3O/c19-10-14-3-1-2-4-15(14)13-7-5-12(6-8-13)11-21-17-9-16(17)18(20)22/h1-8,16-17,21H,9,11H2,(H2,20,22). The molecule has 0 spiro atoms. The van der Waals surface area contributed by atoms with Crippen molar-refractivity contribution in [2.75, 3.05) is 0 Å². The molecule has 0 saturated heterocycles. The van der Waals surface area contributed by atoms with Crippen LogP contribution in [0.3, 0.4) is 0 Å². The van der Waals surface area contributed by atoms with Crippen LogP contribution in [0.5, 0.6) is 0 Å². The molecule has 0 aromatic heterocycles. The van der Waals surface area contributed by atoms with Crippen molar-refractivity contribution in [3.8, 4) is 17.2 Å². The number of nitriles is 1. The summed E-state index contributed by atoms with van der Waals surface area (Å²) in [6.45, 7) is 0.717. The Morgan fingerprint density at radius 3 is 2.59 bits per heavy atom. The maximum atomic E-state index is 11.0. The van der Waals surface area contributed by atoms with Gasteiger partial charge in [0.1, 0.15) is 0 Å². The van der Waals surface area contributed by atoms with E-state index in [-0.39, 0.29) is 17.9 Å². The highest BCUT2D eigenvalue weighted by Gasteiger charge is 2.41. The highest BCUT2D eigenvalue weighted by molar-refractivity contribution is 5.80. The zero-order valence-electron chi connectivity index (χ0n) is 12.1. The summed E-state index contributed by atoms with van der Waals surface area (Å²) in [6.07, 6.45) is 0.836. The Morgan fingerprint density at radius 2 is 1.95 bits per heavy atom. The number of benzene rings is 2. The third kappa shape index (κ3) is 3.00. The van der Waals surface area contributed by atoms with Gasteiger partial charge in [-0.1, -0.05) is 42.5 Å². The van der Waals surface area contributed by atoms with E-state index >= 15 is 0 Å². The molecule has 1 amide bonds. The van der Waals surface area contributed by atoms with E-state index < -0.39 is 0 Å². The van der Waals surface area contributed by atoms with E-state index in [1.165, 1.54) is 0 Å². The molecule has 110 valence electrons. The summed E-state index contributed by atoms with van der Waals surface area (Å²) in [7, 11) is 0. The van der Waals surface area contributed by atoms with Crippen molar-refractivity contribution in [1.29, 1.82) is 5.26 Å². The SMILES string of the molecule is N#Cc1ccccc1-c1ccc(CNC2CC2C(N)=O)cc1. The van der Waals surface area contributed by atoms with Crippen molar-refractivity contribution >= 4 is 5.91 Å². The number of nitrogens with two attached hydrogens (primary N) is 1. The Morgan fingerprint density at radius 1 is 1.23 bits per heavy atom. The van der Waals surface area contributed by atoms with E-state index in [0.29, 0.717) is 12.1 Å². The van der Waals surface area contributed by atoms with Gasteiger partial charge >= 0.3 is 0 Å². The molecule has 1 saturated carbocycles. The van der Waals surface area contributed by atoms with Crippen molar-refractivity contribution in [3.63, 3.8) is 0 Å². The first kappa shape index (κ1) is 14.3. The lowest BCUT2D eigenvalue weighted by Crippen LogP contribution is -2.23. The predicted molar refractivity (Wildman–Crippen MR) is 84.5 cm³/mol. The number of hydrogen-bond donors (Lipinski definition) is 2. The van der Waals surface area contributed by atoms with Crippen molar-refractivity contribution in [2.45, 2.75) is 19.0 Å². The number of nitrogens with one attached hydrogen (secondary N) is 1. The Hall–Kier alpha value is -2.64. The average Bonchev–Trinajstić information content (AvgIpc) is 3.33. The van der Waals surface area contributed by atoms with E-state index in [0.717, 1.165) is 23.1 Å². The lowest BCUT2D eigenvalue weighted by Gasteiger charge is -2.07. The van der Waals surface area contributed by atoms with Gasteiger partial charge in [-0.15, -0.1) is 0 Å². The second-order valence-corrected chi connectivity index (χ2v) is 5.59. The minimum atomic E-state index is -0.221. The maximum absolute atomic E-state index is 11.0. The van der Waals surface area contributed by atoms with Gasteiger partial charge < -0.3 is 11.1 Å². The summed E-state index contributed by atoms with van der Waals surface area (Å²) in [5.41, 5.74) is 9.06. The van der Waals surface area contributed by atoms with Gasteiger partial charge in [-0.2, -0.15) is 5.26 Å². The monoisotopic (exact) mass is 291 g/mol. The van der Waals surface area contributed by atoms with Crippen LogP contribution in [-0.2, 0) is 11.3 Å². The maximum Gasteiger partial charge on any atom is 0.222 e. The van der Waals surface area contributed by atoms with Crippen LogP contribution in [0.15, 0.2) is 48.5 Å². The lowest BCUT2D eigenvalue weighted by atomic mass is 9.99. The van der Waals surface area contributed by atoms with Crippen molar-refractivity contribution in [3.05, 3.63) is 59.7 Å². The number of carbonyl (C=O) groups is 1. The molecule has 1 aliphatic rings. The number of hydrogen-bond acceptors (Lipinski definition) is 3. The highest BCUT2D eigenvalue weighted by Crippen LogP contribution is 2.30. The van der Waals surface area contributed by atoms with Crippen LogP contribution in [0.25, 0.3) is 11.1 Å². The number of primary amides is 1. The average molecular weight is 291 g/mol. The van der Waals surface area contributed by atoms with E-state index in [2.05, 4.69) is 11.4 Å². The fourth-order valence-electron chi connectivity index (χ4n) is 2.62. The van der Waals surface area contributed by atoms with Gasteiger partial charge in [-0.3, -0.25) is 4.79 Å². The molecule has 3 N–H and O–H groups in total. The molecule has 0 heterocycles. The molecule has 2 unspecified atom stereocenters. The summed E-state index contributed by atoms with van der Waals surface area (Å²) in [6, 6.07) is 18.1. The lowest BCUT2D eigenvalue weighted by molar-refractivity contribution is -0.119. The zero-order valence-corrected chi connectivity index (χ0v) is 12.1. The molecule has 2 atom stereocenters. The quantitative estimate of drug-likeness (QED) is 0.886. The summed E-state index contributed by atoms with van der Waals surface area (Å²) in [5.74, 6) is -0.234. The van der Waals surface area contributed by atoms with Gasteiger partial charge in [0.05, 0.1) is 17.6 Å². The molecule has 0 radical (unpaired) electrons. The Kier molecular flexibility index (Phi) is 3.90. The van der Waals surface area contributed by atoms with Crippen LogP contribution >= 0.6 is 0 Å². The van der Waals surface area contributed by atoms with Gasteiger partial charge in [-0.05, 0) is 29.2 Å². The van der Waals surface area contributed by atoms with Crippen LogP contribution in [0.4, 0.5) is 0 Å². The molecule has 4 nitrogen and oxygen atoms in total. The number of nitrogens with zero attached hydrogens (tertiary/aromatic N) is 1. The van der Waals surface area contributed by atoms with Gasteiger partial charge in [0.2, 0.25) is 5.91 Å². The number of amides is 1. The Labute approximate surface area is 129 Å². The van der Waals surface area contributed by atoms with E-state index in [1.807, 2.05) is 48.5 Å². The summed E-state index contributed by atoms with van der Waals surface area (Å²) in [4.78, 5) is 11.0. The molecule has 2 aromatic rings. The van der Waals surface area contributed by atoms with E-state index in [1.54, 1.807) is 0 Å². The highest BCUT2D eigenvalue weighted by atomic mass is 16.1. The van der Waals surface area contributed by atoms with Gasteiger partial charge in [0.15, 0.2) is 0 Å². The minimum Gasteiger partial charge on any atom is -0.369 e. The largest absolute Gasteiger partial charge is 0.369 e. The second-order valence-electron chi connectivity index (χ2n) is 5.59. The smallest absolute Gasteiger partial charge is 0.222 e. The minimum absolute atomic E-state index is 0.0122. The predicted octanol–water partition coefficient (Wildman–Crippen LogP) is 2.19. The first-order chi connectivity index (χ1) is 10.7. The second kappa shape index (κ2) is 6.00. The van der Waals surface area contributed by atoms with Crippen LogP contribution in [-0.4, -0.2) is 11.9 Å². The molecular weight excluding hydrogens is 274 g/mol. The molecule has 4 heteroatoms. The molecule has 2 aromatic carbocycles. The molecule has 1 fully saturated rings. The zero-order chi connectivity index (χ0) is 15.5. The fourth-order valence-corrected chi connectivity index (χ4v) is 2.62. The van der Waals surface area contributed by atoms with Crippen LogP contribution < -0.4 is 11.1 Å². The molecule has 22 heavy (non-hydrogen) atoms. The first-order valence-corrected chi connectivity index (χ1v) is 7.30.